The number of nitrogens with one attached hydrogen (secondary N) is 2. The van der Waals surface area contributed by atoms with Gasteiger partial charge in [0.2, 0.25) is 0 Å². The van der Waals surface area contributed by atoms with Crippen molar-refractivity contribution >= 4 is 0 Å². The third-order valence-electron chi connectivity index (χ3n) is 3.90. The molecule has 2 N–H and O–H groups in total. The number of allylic oxidation sites excluding steroid dienone is 1. The van der Waals surface area contributed by atoms with Crippen molar-refractivity contribution in [2.24, 2.45) is 0 Å². The van der Waals surface area contributed by atoms with Crippen LogP contribution in [0.15, 0.2) is 24.8 Å². The quantitative estimate of drug-likeness (QED) is 0.385. The van der Waals surface area contributed by atoms with E-state index in [4.69, 9.17) is 0 Å². The van der Waals surface area contributed by atoms with Gasteiger partial charge in [0.1, 0.15) is 0 Å². The van der Waals surface area contributed by atoms with Crippen molar-refractivity contribution in [2.75, 3.05) is 13.1 Å². The summed E-state index contributed by atoms with van der Waals surface area (Å²) in [6.45, 7) is 19.1. The summed E-state index contributed by atoms with van der Waals surface area (Å²) in [7, 11) is 0. The summed E-state index contributed by atoms with van der Waals surface area (Å²) in [5.41, 5.74) is 1.28. The van der Waals surface area contributed by atoms with Crippen LogP contribution in [0, 0.1) is 0 Å². The lowest BCUT2D eigenvalue weighted by molar-refractivity contribution is 0.392. The third-order valence-corrected chi connectivity index (χ3v) is 3.90. The monoisotopic (exact) mass is 280 g/mol. The van der Waals surface area contributed by atoms with Crippen LogP contribution in [0.3, 0.4) is 0 Å². The van der Waals surface area contributed by atoms with Gasteiger partial charge in [-0.15, -0.1) is 6.58 Å². The summed E-state index contributed by atoms with van der Waals surface area (Å²) in [6, 6.07) is 0.424. The fraction of sp³-hybridized carbons (Fsp3) is 0.778. The number of rotatable bonds is 13. The van der Waals surface area contributed by atoms with Crippen LogP contribution in [0.5, 0.6) is 0 Å². The normalized spacial score (nSPS) is 13.2. The Morgan fingerprint density at radius 3 is 2.45 bits per heavy atom. The minimum absolute atomic E-state index is 0.000440. The maximum Gasteiger partial charge on any atom is 0.0349 e. The van der Waals surface area contributed by atoms with Crippen LogP contribution < -0.4 is 10.6 Å². The minimum Gasteiger partial charge on any atom is -0.310 e. The molecule has 0 saturated carbocycles. The maximum atomic E-state index is 4.35. The highest BCUT2D eigenvalue weighted by Gasteiger charge is 2.26. The molecule has 20 heavy (non-hydrogen) atoms. The summed E-state index contributed by atoms with van der Waals surface area (Å²) < 4.78 is 0. The molecule has 0 aliphatic rings. The van der Waals surface area contributed by atoms with E-state index in [-0.39, 0.29) is 5.54 Å². The first-order valence-electron chi connectivity index (χ1n) is 8.28. The van der Waals surface area contributed by atoms with E-state index in [1.807, 2.05) is 6.08 Å². The van der Waals surface area contributed by atoms with Crippen LogP contribution >= 0.6 is 0 Å². The van der Waals surface area contributed by atoms with Crippen LogP contribution in [0.2, 0.25) is 0 Å². The van der Waals surface area contributed by atoms with E-state index in [2.05, 4.69) is 51.5 Å². The van der Waals surface area contributed by atoms with E-state index >= 15 is 0 Å². The molecule has 1 atom stereocenters. The van der Waals surface area contributed by atoms with Gasteiger partial charge in [0, 0.05) is 11.6 Å². The van der Waals surface area contributed by atoms with E-state index in [0.29, 0.717) is 6.04 Å². The second-order valence-corrected chi connectivity index (χ2v) is 6.11. The number of hydrogen-bond acceptors (Lipinski definition) is 2. The van der Waals surface area contributed by atoms with Crippen LogP contribution in [-0.4, -0.2) is 24.7 Å². The van der Waals surface area contributed by atoms with Gasteiger partial charge in [-0.2, -0.15) is 0 Å². The zero-order chi connectivity index (χ0) is 15.4. The van der Waals surface area contributed by atoms with E-state index in [0.717, 1.165) is 25.9 Å². The molecule has 0 amide bonds. The van der Waals surface area contributed by atoms with Crippen LogP contribution in [-0.2, 0) is 0 Å². The van der Waals surface area contributed by atoms with E-state index < -0.39 is 0 Å². The maximum absolute atomic E-state index is 4.35. The molecule has 0 bridgehead atoms. The molecular formula is C18H36N2. The van der Waals surface area contributed by atoms with Crippen molar-refractivity contribution in [2.45, 2.75) is 77.8 Å². The fourth-order valence-electron chi connectivity index (χ4n) is 2.48. The number of hydrogen-bond donors (Lipinski definition) is 2. The average molecular weight is 280 g/mol. The first kappa shape index (κ1) is 19.4. The first-order valence-corrected chi connectivity index (χ1v) is 8.28. The summed E-state index contributed by atoms with van der Waals surface area (Å²) in [5, 5.41) is 7.22. The third kappa shape index (κ3) is 7.86. The first-order chi connectivity index (χ1) is 9.49. The van der Waals surface area contributed by atoms with Gasteiger partial charge in [0.15, 0.2) is 0 Å². The van der Waals surface area contributed by atoms with Gasteiger partial charge in [0.05, 0.1) is 0 Å². The van der Waals surface area contributed by atoms with Crippen molar-refractivity contribution < 1.29 is 0 Å². The standard InChI is InChI=1S/C18H36N2/c1-7-10-11-12-13-15-20-18(5,6)16(4)17(14-8-2)19-9-3/h7,17,19-20H,1,4,8-15H2,2-3,5-6H3. The molecule has 0 fully saturated rings. The zero-order valence-electron chi connectivity index (χ0n) is 14.2. The molecule has 0 rings (SSSR count). The average Bonchev–Trinajstić information content (AvgIpc) is 2.41. The van der Waals surface area contributed by atoms with Gasteiger partial charge in [0.25, 0.3) is 0 Å². The number of unbranched alkanes of at least 4 members (excludes halogenated alkanes) is 3. The van der Waals surface area contributed by atoms with Crippen molar-refractivity contribution in [3.05, 3.63) is 24.8 Å². The van der Waals surface area contributed by atoms with Crippen molar-refractivity contribution in [3.63, 3.8) is 0 Å². The molecule has 0 aromatic rings. The molecule has 0 aliphatic heterocycles. The van der Waals surface area contributed by atoms with Gasteiger partial charge in [-0.1, -0.05) is 39.3 Å². The van der Waals surface area contributed by atoms with Crippen LogP contribution in [0.1, 0.15) is 66.2 Å². The van der Waals surface area contributed by atoms with E-state index in [9.17, 15) is 0 Å². The largest absolute Gasteiger partial charge is 0.310 e. The Morgan fingerprint density at radius 1 is 1.20 bits per heavy atom. The van der Waals surface area contributed by atoms with Gasteiger partial charge >= 0.3 is 0 Å². The Bertz CT molecular complexity index is 263. The van der Waals surface area contributed by atoms with Crippen LogP contribution in [0.4, 0.5) is 0 Å². The Morgan fingerprint density at radius 2 is 1.90 bits per heavy atom. The van der Waals surface area contributed by atoms with Crippen molar-refractivity contribution in [1.82, 2.24) is 10.6 Å². The molecule has 0 saturated heterocycles. The Hall–Kier alpha value is -0.600. The second-order valence-electron chi connectivity index (χ2n) is 6.11. The topological polar surface area (TPSA) is 24.1 Å². The lowest BCUT2D eigenvalue weighted by atomic mass is 9.87. The molecule has 118 valence electrons. The summed E-state index contributed by atoms with van der Waals surface area (Å²) in [4.78, 5) is 0. The molecule has 2 nitrogen and oxygen atoms in total. The Labute approximate surface area is 127 Å². The molecule has 0 heterocycles. The highest BCUT2D eigenvalue weighted by atomic mass is 15.0. The minimum atomic E-state index is 0.000440. The van der Waals surface area contributed by atoms with Crippen molar-refractivity contribution in [3.8, 4) is 0 Å². The van der Waals surface area contributed by atoms with Gasteiger partial charge in [-0.25, -0.2) is 0 Å². The highest BCUT2D eigenvalue weighted by molar-refractivity contribution is 5.19. The predicted molar refractivity (Wildman–Crippen MR) is 92.3 cm³/mol. The zero-order valence-corrected chi connectivity index (χ0v) is 14.2. The molecule has 2 heteroatoms. The van der Waals surface area contributed by atoms with Gasteiger partial charge in [-0.05, 0) is 58.2 Å². The smallest absolute Gasteiger partial charge is 0.0349 e. The highest BCUT2D eigenvalue weighted by Crippen LogP contribution is 2.20. The van der Waals surface area contributed by atoms with E-state index in [1.54, 1.807) is 0 Å². The Kier molecular flexibility index (Phi) is 10.8. The molecule has 0 aromatic heterocycles. The summed E-state index contributed by atoms with van der Waals surface area (Å²) >= 11 is 0. The SMILES string of the molecule is C=CCCCCCNC(C)(C)C(=C)C(CCC)NCC. The lowest BCUT2D eigenvalue weighted by Gasteiger charge is -2.34. The van der Waals surface area contributed by atoms with E-state index in [1.165, 1.54) is 31.3 Å². The number of likely N-dealkylation sites (N-methyl/N-ethyl adjacent to an activating group) is 1. The fourth-order valence-corrected chi connectivity index (χ4v) is 2.48. The lowest BCUT2D eigenvalue weighted by Crippen LogP contribution is -2.48. The van der Waals surface area contributed by atoms with Crippen molar-refractivity contribution in [1.29, 1.82) is 0 Å². The molecule has 0 aliphatic carbocycles. The van der Waals surface area contributed by atoms with Crippen LogP contribution in [0.25, 0.3) is 0 Å². The van der Waals surface area contributed by atoms with Gasteiger partial charge in [-0.3, -0.25) is 0 Å². The predicted octanol–water partition coefficient (Wildman–Crippen LogP) is 4.44. The molecular weight excluding hydrogens is 244 g/mol. The molecule has 0 aromatic carbocycles. The van der Waals surface area contributed by atoms with Gasteiger partial charge < -0.3 is 10.6 Å². The Balaban J connectivity index is 4.16. The molecule has 0 spiro atoms. The summed E-state index contributed by atoms with van der Waals surface area (Å²) in [5.74, 6) is 0. The summed E-state index contributed by atoms with van der Waals surface area (Å²) in [6.07, 6.45) is 9.24. The molecule has 1 unspecified atom stereocenters. The second kappa shape index (κ2) is 11.1. The molecule has 0 radical (unpaired) electrons.